The molecular weight excluding hydrogens is 301 g/mol. The number of hydrogen-bond donors (Lipinski definition) is 0. The summed E-state index contributed by atoms with van der Waals surface area (Å²) in [4.78, 5) is 14.8. The second-order valence-corrected chi connectivity index (χ2v) is 7.76. The van der Waals surface area contributed by atoms with E-state index in [1.165, 1.54) is 44.5 Å². The first-order valence-electron chi connectivity index (χ1n) is 9.40. The number of allylic oxidation sites excluding steroid dienone is 2. The monoisotopic (exact) mass is 327 g/mol. The van der Waals surface area contributed by atoms with Gasteiger partial charge in [0.05, 0.1) is 0 Å². The van der Waals surface area contributed by atoms with Crippen molar-refractivity contribution in [2.24, 2.45) is 23.7 Å². The van der Waals surface area contributed by atoms with Crippen LogP contribution >= 0.6 is 0 Å². The summed E-state index contributed by atoms with van der Waals surface area (Å²) >= 11 is 0. The van der Waals surface area contributed by atoms with Crippen molar-refractivity contribution in [1.29, 1.82) is 0 Å². The zero-order chi connectivity index (χ0) is 16.5. The lowest BCUT2D eigenvalue weighted by Gasteiger charge is -2.30. The molecule has 1 aliphatic heterocycles. The number of likely N-dealkylation sites (tertiary alicyclic amines) is 1. The summed E-state index contributed by atoms with van der Waals surface area (Å²) in [6, 6.07) is 5.91. The van der Waals surface area contributed by atoms with Crippen molar-refractivity contribution in [2.75, 3.05) is 19.6 Å². The molecule has 24 heavy (non-hydrogen) atoms. The van der Waals surface area contributed by atoms with Gasteiger partial charge in [0.25, 0.3) is 0 Å². The van der Waals surface area contributed by atoms with Gasteiger partial charge in [0.1, 0.15) is 5.82 Å². The van der Waals surface area contributed by atoms with Crippen molar-refractivity contribution in [3.05, 3.63) is 47.8 Å². The molecule has 4 aliphatic rings. The minimum atomic E-state index is -0.287. The molecule has 128 valence electrons. The molecule has 3 aliphatic carbocycles. The van der Waals surface area contributed by atoms with Gasteiger partial charge < -0.3 is 4.90 Å². The Bertz CT molecular complexity index is 601. The Balaban J connectivity index is 1.27. The number of rotatable bonds is 5. The van der Waals surface area contributed by atoms with Crippen LogP contribution in [0.15, 0.2) is 36.4 Å². The number of carbonyl (C=O) groups excluding carboxylic acids is 1. The zero-order valence-electron chi connectivity index (χ0n) is 14.2. The molecular formula is C21H26FNO. The third kappa shape index (κ3) is 3.19. The first-order valence-corrected chi connectivity index (χ1v) is 9.40. The molecule has 1 saturated carbocycles. The van der Waals surface area contributed by atoms with E-state index >= 15 is 0 Å². The van der Waals surface area contributed by atoms with E-state index in [-0.39, 0.29) is 11.6 Å². The molecule has 0 amide bonds. The van der Waals surface area contributed by atoms with Crippen LogP contribution in [0.1, 0.15) is 42.5 Å². The van der Waals surface area contributed by atoms with E-state index in [0.29, 0.717) is 12.0 Å². The van der Waals surface area contributed by atoms with Crippen LogP contribution < -0.4 is 0 Å². The van der Waals surface area contributed by atoms with Gasteiger partial charge in [-0.25, -0.2) is 4.39 Å². The normalized spacial score (nSPS) is 31.9. The van der Waals surface area contributed by atoms with Crippen molar-refractivity contribution in [3.8, 4) is 0 Å². The highest BCUT2D eigenvalue weighted by Crippen LogP contribution is 2.46. The Labute approximate surface area is 143 Å². The molecule has 1 saturated heterocycles. The number of hydrogen-bond acceptors (Lipinski definition) is 2. The van der Waals surface area contributed by atoms with Crippen LogP contribution in [0.3, 0.4) is 0 Å². The minimum Gasteiger partial charge on any atom is -0.303 e. The number of carbonyl (C=O) groups is 1. The van der Waals surface area contributed by atoms with Crippen LogP contribution in [0, 0.1) is 29.5 Å². The summed E-state index contributed by atoms with van der Waals surface area (Å²) < 4.78 is 12.9. The Hall–Kier alpha value is -1.48. The minimum absolute atomic E-state index is 0.130. The number of Topliss-reactive ketones (excluding diaryl/α,β-unsaturated/α-hetero) is 1. The van der Waals surface area contributed by atoms with Gasteiger partial charge in [-0.05, 0) is 73.7 Å². The maximum atomic E-state index is 12.9. The second-order valence-electron chi connectivity index (χ2n) is 7.76. The van der Waals surface area contributed by atoms with Gasteiger partial charge in [0.15, 0.2) is 5.78 Å². The van der Waals surface area contributed by atoms with Crippen LogP contribution in [-0.4, -0.2) is 30.3 Å². The lowest BCUT2D eigenvalue weighted by atomic mass is 9.74. The molecule has 0 N–H and O–H groups in total. The van der Waals surface area contributed by atoms with E-state index < -0.39 is 0 Å². The Morgan fingerprint density at radius 1 is 1.04 bits per heavy atom. The quantitative estimate of drug-likeness (QED) is 0.593. The third-order valence-electron chi connectivity index (χ3n) is 6.31. The van der Waals surface area contributed by atoms with Gasteiger partial charge >= 0.3 is 0 Å². The molecule has 0 radical (unpaired) electrons. The SMILES string of the molecule is O=C(CCCN1CC2C3C=CC(CCC3)C2C1)c1ccc(F)cc1. The van der Waals surface area contributed by atoms with Crippen LogP contribution in [0.2, 0.25) is 0 Å². The predicted octanol–water partition coefficient (Wildman–Crippen LogP) is 4.32. The van der Waals surface area contributed by atoms with Gasteiger partial charge in [-0.3, -0.25) is 4.79 Å². The molecule has 1 heterocycles. The summed E-state index contributed by atoms with van der Waals surface area (Å²) in [5.74, 6) is 3.11. The first-order chi connectivity index (χ1) is 11.7. The predicted molar refractivity (Wildman–Crippen MR) is 93.4 cm³/mol. The summed E-state index contributed by atoms with van der Waals surface area (Å²) in [5, 5.41) is 0. The van der Waals surface area contributed by atoms with E-state index in [1.54, 1.807) is 12.1 Å². The fraction of sp³-hybridized carbons (Fsp3) is 0.571. The van der Waals surface area contributed by atoms with E-state index in [0.717, 1.165) is 36.6 Å². The highest BCUT2D eigenvalue weighted by Gasteiger charge is 2.43. The molecule has 4 unspecified atom stereocenters. The van der Waals surface area contributed by atoms with Crippen LogP contribution in [-0.2, 0) is 0 Å². The lowest BCUT2D eigenvalue weighted by molar-refractivity contribution is 0.0975. The fourth-order valence-electron chi connectivity index (χ4n) is 5.05. The van der Waals surface area contributed by atoms with Crippen molar-refractivity contribution in [3.63, 3.8) is 0 Å². The van der Waals surface area contributed by atoms with Crippen molar-refractivity contribution in [2.45, 2.75) is 32.1 Å². The number of benzene rings is 1. The van der Waals surface area contributed by atoms with Gasteiger partial charge in [-0.1, -0.05) is 18.6 Å². The number of fused-ring (bicyclic) bond motifs is 2. The molecule has 1 aromatic carbocycles. The topological polar surface area (TPSA) is 20.3 Å². The summed E-state index contributed by atoms with van der Waals surface area (Å²) in [7, 11) is 0. The zero-order valence-corrected chi connectivity index (χ0v) is 14.2. The average Bonchev–Trinajstić information content (AvgIpc) is 2.79. The van der Waals surface area contributed by atoms with Gasteiger partial charge in [0.2, 0.25) is 0 Å². The Morgan fingerprint density at radius 3 is 2.29 bits per heavy atom. The molecule has 0 aromatic heterocycles. The van der Waals surface area contributed by atoms with Gasteiger partial charge in [-0.15, -0.1) is 0 Å². The second kappa shape index (κ2) is 6.79. The molecule has 0 spiro atoms. The number of ketones is 1. The largest absolute Gasteiger partial charge is 0.303 e. The number of nitrogens with zero attached hydrogens (tertiary/aromatic N) is 1. The summed E-state index contributed by atoms with van der Waals surface area (Å²) in [5.41, 5.74) is 0.630. The highest BCUT2D eigenvalue weighted by molar-refractivity contribution is 5.95. The Morgan fingerprint density at radius 2 is 1.67 bits per heavy atom. The summed E-state index contributed by atoms with van der Waals surface area (Å²) in [6.45, 7) is 3.43. The van der Waals surface area contributed by atoms with Crippen LogP contribution in [0.4, 0.5) is 4.39 Å². The lowest BCUT2D eigenvalue weighted by Crippen LogP contribution is -2.27. The molecule has 1 aromatic rings. The highest BCUT2D eigenvalue weighted by atomic mass is 19.1. The molecule has 2 bridgehead atoms. The van der Waals surface area contributed by atoms with Gasteiger partial charge in [-0.2, -0.15) is 0 Å². The standard InChI is InChI=1S/C21H26FNO/c22-18-10-8-17(9-11-18)21(24)5-2-12-23-13-19-15-3-1-4-16(7-6-15)20(19)14-23/h6-11,15-16,19-20H,1-5,12-14H2. The van der Waals surface area contributed by atoms with Crippen LogP contribution in [0.5, 0.6) is 0 Å². The van der Waals surface area contributed by atoms with E-state index in [9.17, 15) is 9.18 Å². The maximum Gasteiger partial charge on any atom is 0.162 e. The van der Waals surface area contributed by atoms with Crippen molar-refractivity contribution in [1.82, 2.24) is 4.90 Å². The first kappa shape index (κ1) is 16.0. The Kier molecular flexibility index (Phi) is 4.53. The van der Waals surface area contributed by atoms with Gasteiger partial charge in [0, 0.05) is 25.1 Å². The third-order valence-corrected chi connectivity index (χ3v) is 6.31. The van der Waals surface area contributed by atoms with Crippen molar-refractivity contribution < 1.29 is 9.18 Å². The fourth-order valence-corrected chi connectivity index (χ4v) is 5.05. The molecule has 2 nitrogen and oxygen atoms in total. The van der Waals surface area contributed by atoms with E-state index in [2.05, 4.69) is 17.1 Å². The molecule has 3 heteroatoms. The smallest absolute Gasteiger partial charge is 0.162 e. The van der Waals surface area contributed by atoms with Crippen LogP contribution in [0.25, 0.3) is 0 Å². The molecule has 5 rings (SSSR count). The molecule has 4 atom stereocenters. The van der Waals surface area contributed by atoms with E-state index in [4.69, 9.17) is 0 Å². The van der Waals surface area contributed by atoms with E-state index in [1.807, 2.05) is 0 Å². The summed E-state index contributed by atoms with van der Waals surface area (Å²) in [6.07, 6.45) is 10.6. The van der Waals surface area contributed by atoms with Crippen molar-refractivity contribution >= 4 is 5.78 Å². The number of halogens is 1. The average molecular weight is 327 g/mol. The maximum absolute atomic E-state index is 12.9. The molecule has 2 fully saturated rings.